The Bertz CT molecular complexity index is 767. The Morgan fingerprint density at radius 2 is 2.05 bits per heavy atom. The van der Waals surface area contributed by atoms with E-state index < -0.39 is 0 Å². The van der Waals surface area contributed by atoms with Crippen LogP contribution in [0.5, 0.6) is 0 Å². The average Bonchev–Trinajstić information content (AvgIpc) is 2.86. The number of halogens is 1. The first-order chi connectivity index (χ1) is 9.67. The fourth-order valence-electron chi connectivity index (χ4n) is 2.07. The van der Waals surface area contributed by atoms with Crippen LogP contribution in [0, 0.1) is 6.92 Å². The summed E-state index contributed by atoms with van der Waals surface area (Å²) in [7, 11) is 0. The molecular weight excluding hydrogens is 290 g/mol. The summed E-state index contributed by atoms with van der Waals surface area (Å²) in [6.07, 6.45) is 0. The standard InChI is InChI=1S/C15H14ClN3S/c1-3-17-14-11-8-10(16)5-6-12(11)18-15(19-14)13-7-4-9(2)20-13/h4-8H,3H2,1-2H3,(H,17,18,19). The maximum Gasteiger partial charge on any atom is 0.172 e. The molecule has 1 N–H and O–H groups in total. The van der Waals surface area contributed by atoms with E-state index >= 15 is 0 Å². The van der Waals surface area contributed by atoms with Crippen molar-refractivity contribution in [3.05, 3.63) is 40.2 Å². The summed E-state index contributed by atoms with van der Waals surface area (Å²) in [5.74, 6) is 1.59. The van der Waals surface area contributed by atoms with Gasteiger partial charge in [0.1, 0.15) is 5.82 Å². The summed E-state index contributed by atoms with van der Waals surface area (Å²) in [6, 6.07) is 9.84. The van der Waals surface area contributed by atoms with Gasteiger partial charge in [-0.1, -0.05) is 11.6 Å². The number of rotatable bonds is 3. The lowest BCUT2D eigenvalue weighted by Gasteiger charge is -2.09. The highest BCUT2D eigenvalue weighted by molar-refractivity contribution is 7.15. The van der Waals surface area contributed by atoms with Crippen LogP contribution in [0.15, 0.2) is 30.3 Å². The van der Waals surface area contributed by atoms with Gasteiger partial charge in [0.15, 0.2) is 5.82 Å². The number of aromatic nitrogens is 2. The molecule has 0 atom stereocenters. The molecule has 0 saturated heterocycles. The molecule has 0 aliphatic heterocycles. The van der Waals surface area contributed by atoms with Gasteiger partial charge in [0.25, 0.3) is 0 Å². The second-order valence-corrected chi connectivity index (χ2v) is 6.22. The molecule has 0 aliphatic carbocycles. The summed E-state index contributed by atoms with van der Waals surface area (Å²) in [5, 5.41) is 4.94. The first-order valence-corrected chi connectivity index (χ1v) is 7.65. The van der Waals surface area contributed by atoms with E-state index in [1.807, 2.05) is 25.1 Å². The Morgan fingerprint density at radius 3 is 2.75 bits per heavy atom. The van der Waals surface area contributed by atoms with Gasteiger partial charge in [0, 0.05) is 21.8 Å². The Kier molecular flexibility index (Phi) is 3.59. The molecule has 3 rings (SSSR count). The topological polar surface area (TPSA) is 37.8 Å². The molecule has 0 radical (unpaired) electrons. The van der Waals surface area contributed by atoms with E-state index in [-0.39, 0.29) is 0 Å². The number of anilines is 1. The van der Waals surface area contributed by atoms with Crippen LogP contribution in [0.1, 0.15) is 11.8 Å². The lowest BCUT2D eigenvalue weighted by molar-refractivity contribution is 1.15. The minimum Gasteiger partial charge on any atom is -0.370 e. The monoisotopic (exact) mass is 303 g/mol. The van der Waals surface area contributed by atoms with Gasteiger partial charge >= 0.3 is 0 Å². The fourth-order valence-corrected chi connectivity index (χ4v) is 3.04. The zero-order chi connectivity index (χ0) is 14.1. The van der Waals surface area contributed by atoms with Crippen LogP contribution in [0.2, 0.25) is 5.02 Å². The summed E-state index contributed by atoms with van der Waals surface area (Å²) < 4.78 is 0. The normalized spacial score (nSPS) is 10.9. The van der Waals surface area contributed by atoms with Crippen LogP contribution in [0.3, 0.4) is 0 Å². The van der Waals surface area contributed by atoms with Gasteiger partial charge in [-0.2, -0.15) is 0 Å². The molecule has 0 bridgehead atoms. The summed E-state index contributed by atoms with van der Waals surface area (Å²) in [4.78, 5) is 11.6. The van der Waals surface area contributed by atoms with Crippen molar-refractivity contribution in [2.75, 3.05) is 11.9 Å². The number of benzene rings is 1. The predicted molar refractivity (Wildman–Crippen MR) is 86.8 cm³/mol. The summed E-state index contributed by atoms with van der Waals surface area (Å²) in [5.41, 5.74) is 0.904. The molecule has 0 fully saturated rings. The minimum absolute atomic E-state index is 0.694. The molecule has 0 aliphatic rings. The molecule has 5 heteroatoms. The number of aryl methyl sites for hydroxylation is 1. The van der Waals surface area contributed by atoms with Gasteiger partial charge in [-0.05, 0) is 44.2 Å². The van der Waals surface area contributed by atoms with Crippen LogP contribution >= 0.6 is 22.9 Å². The molecule has 0 spiro atoms. The zero-order valence-electron chi connectivity index (χ0n) is 11.3. The number of hydrogen-bond donors (Lipinski definition) is 1. The van der Waals surface area contributed by atoms with Gasteiger partial charge in [0.2, 0.25) is 0 Å². The van der Waals surface area contributed by atoms with Gasteiger partial charge in [-0.3, -0.25) is 0 Å². The first kappa shape index (κ1) is 13.3. The predicted octanol–water partition coefficient (Wildman–Crippen LogP) is 4.75. The van der Waals surface area contributed by atoms with Crippen molar-refractivity contribution in [2.45, 2.75) is 13.8 Å². The number of thiophene rings is 1. The Morgan fingerprint density at radius 1 is 1.20 bits per heavy atom. The zero-order valence-corrected chi connectivity index (χ0v) is 12.8. The summed E-state index contributed by atoms with van der Waals surface area (Å²) in [6.45, 7) is 4.94. The molecule has 3 nitrogen and oxygen atoms in total. The van der Waals surface area contributed by atoms with Gasteiger partial charge in [-0.15, -0.1) is 11.3 Å². The van der Waals surface area contributed by atoms with Crippen molar-refractivity contribution >= 4 is 39.7 Å². The fraction of sp³-hybridized carbons (Fsp3) is 0.200. The molecular formula is C15H14ClN3S. The largest absolute Gasteiger partial charge is 0.370 e. The van der Waals surface area contributed by atoms with E-state index in [9.17, 15) is 0 Å². The maximum absolute atomic E-state index is 6.07. The van der Waals surface area contributed by atoms with Gasteiger partial charge in [-0.25, -0.2) is 9.97 Å². The molecule has 2 aromatic heterocycles. The highest BCUT2D eigenvalue weighted by Crippen LogP contribution is 2.30. The highest BCUT2D eigenvalue weighted by atomic mass is 35.5. The molecule has 0 amide bonds. The third-order valence-corrected chi connectivity index (χ3v) is 4.19. The van der Waals surface area contributed by atoms with Crippen LogP contribution in [0.25, 0.3) is 21.6 Å². The lowest BCUT2D eigenvalue weighted by Crippen LogP contribution is -2.02. The smallest absolute Gasteiger partial charge is 0.172 e. The van der Waals surface area contributed by atoms with Crippen LogP contribution in [-0.4, -0.2) is 16.5 Å². The minimum atomic E-state index is 0.694. The molecule has 20 heavy (non-hydrogen) atoms. The third kappa shape index (κ3) is 2.49. The Balaban J connectivity index is 2.22. The first-order valence-electron chi connectivity index (χ1n) is 6.45. The van der Waals surface area contributed by atoms with Crippen molar-refractivity contribution < 1.29 is 0 Å². The van der Waals surface area contributed by atoms with E-state index in [1.54, 1.807) is 11.3 Å². The lowest BCUT2D eigenvalue weighted by atomic mass is 10.2. The molecule has 0 unspecified atom stereocenters. The van der Waals surface area contributed by atoms with Crippen molar-refractivity contribution in [3.8, 4) is 10.7 Å². The Labute approximate surface area is 126 Å². The number of fused-ring (bicyclic) bond motifs is 1. The maximum atomic E-state index is 6.07. The average molecular weight is 304 g/mol. The molecule has 0 saturated carbocycles. The van der Waals surface area contributed by atoms with Crippen molar-refractivity contribution in [1.82, 2.24) is 9.97 Å². The van der Waals surface area contributed by atoms with E-state index in [0.29, 0.717) is 5.02 Å². The summed E-state index contributed by atoms with van der Waals surface area (Å²) >= 11 is 7.77. The second kappa shape index (κ2) is 5.38. The van der Waals surface area contributed by atoms with Crippen molar-refractivity contribution in [3.63, 3.8) is 0 Å². The van der Waals surface area contributed by atoms with E-state index in [0.717, 1.165) is 34.0 Å². The molecule has 1 aromatic carbocycles. The van der Waals surface area contributed by atoms with Gasteiger partial charge < -0.3 is 5.32 Å². The molecule has 3 aromatic rings. The third-order valence-electron chi connectivity index (χ3n) is 2.96. The SMILES string of the molecule is CCNc1nc(-c2ccc(C)s2)nc2ccc(Cl)cc12. The van der Waals surface area contributed by atoms with Gasteiger partial charge in [0.05, 0.1) is 10.4 Å². The van der Waals surface area contributed by atoms with Crippen molar-refractivity contribution in [2.24, 2.45) is 0 Å². The molecule has 102 valence electrons. The molecule has 2 heterocycles. The van der Waals surface area contributed by atoms with E-state index in [4.69, 9.17) is 11.6 Å². The van der Waals surface area contributed by atoms with Crippen LogP contribution in [-0.2, 0) is 0 Å². The van der Waals surface area contributed by atoms with E-state index in [2.05, 4.69) is 34.3 Å². The van der Waals surface area contributed by atoms with Crippen LogP contribution < -0.4 is 5.32 Å². The van der Waals surface area contributed by atoms with Crippen LogP contribution in [0.4, 0.5) is 5.82 Å². The number of nitrogens with one attached hydrogen (secondary N) is 1. The Hall–Kier alpha value is -1.65. The second-order valence-electron chi connectivity index (χ2n) is 4.50. The van der Waals surface area contributed by atoms with Crippen molar-refractivity contribution in [1.29, 1.82) is 0 Å². The highest BCUT2D eigenvalue weighted by Gasteiger charge is 2.10. The number of nitrogens with zero attached hydrogens (tertiary/aromatic N) is 2. The van der Waals surface area contributed by atoms with E-state index in [1.165, 1.54) is 4.88 Å². The number of hydrogen-bond acceptors (Lipinski definition) is 4. The quantitative estimate of drug-likeness (QED) is 0.758.